The molecule has 0 radical (unpaired) electrons. The maximum atomic E-state index is 13.5. The van der Waals surface area contributed by atoms with E-state index in [-0.39, 0.29) is 22.6 Å². The monoisotopic (exact) mass is 469 g/mol. The Morgan fingerprint density at radius 1 is 0.912 bits per heavy atom. The van der Waals surface area contributed by atoms with Gasteiger partial charge in [0, 0.05) is 0 Å². The highest BCUT2D eigenvalue weighted by atomic mass is 16.6. The minimum atomic E-state index is -1.52. The number of nitrogens with zero attached hydrogens (tertiary/aromatic N) is 1. The van der Waals surface area contributed by atoms with E-state index in [4.69, 9.17) is 14.2 Å². The van der Waals surface area contributed by atoms with Crippen LogP contribution in [0.5, 0.6) is 0 Å². The van der Waals surface area contributed by atoms with Crippen molar-refractivity contribution in [3.05, 3.63) is 51.9 Å². The number of benzene rings is 1. The summed E-state index contributed by atoms with van der Waals surface area (Å²) in [5.41, 5.74) is -0.177. The molecule has 1 saturated heterocycles. The summed E-state index contributed by atoms with van der Waals surface area (Å²) in [7, 11) is 0. The van der Waals surface area contributed by atoms with E-state index in [9.17, 15) is 19.2 Å². The van der Waals surface area contributed by atoms with Gasteiger partial charge in [-0.1, -0.05) is 18.2 Å². The number of Topliss-reactive ketones (excluding diaryl/α,β-unsaturated/α-hetero) is 1. The maximum absolute atomic E-state index is 13.5. The quantitative estimate of drug-likeness (QED) is 0.490. The van der Waals surface area contributed by atoms with Gasteiger partial charge in [-0.05, 0) is 73.4 Å². The van der Waals surface area contributed by atoms with Crippen LogP contribution in [0.4, 0.5) is 5.69 Å². The fraction of sp³-hybridized carbons (Fsp3) is 0.462. The van der Waals surface area contributed by atoms with Gasteiger partial charge in [0.2, 0.25) is 6.10 Å². The second-order valence-electron chi connectivity index (χ2n) is 10.4. The summed E-state index contributed by atoms with van der Waals surface area (Å²) >= 11 is 0. The lowest BCUT2D eigenvalue weighted by atomic mass is 9.96. The van der Waals surface area contributed by atoms with Crippen LogP contribution in [0.3, 0.4) is 0 Å². The number of rotatable bonds is 3. The fourth-order valence-electron chi connectivity index (χ4n) is 3.96. The van der Waals surface area contributed by atoms with Crippen LogP contribution in [-0.2, 0) is 33.4 Å². The first-order valence-corrected chi connectivity index (χ1v) is 11.1. The lowest BCUT2D eigenvalue weighted by Gasteiger charge is -2.33. The summed E-state index contributed by atoms with van der Waals surface area (Å²) in [5, 5.41) is 0. The Balaban J connectivity index is 2.35. The zero-order valence-electron chi connectivity index (χ0n) is 21.1. The molecular weight excluding hydrogens is 438 g/mol. The van der Waals surface area contributed by atoms with Crippen LogP contribution in [0.1, 0.15) is 59.6 Å². The molecule has 3 rings (SSSR count). The third-order valence-electron chi connectivity index (χ3n) is 5.15. The summed E-state index contributed by atoms with van der Waals surface area (Å²) < 4.78 is 16.9. The number of ether oxygens (including phenoxy) is 3. The third kappa shape index (κ3) is 4.62. The second kappa shape index (κ2) is 8.42. The van der Waals surface area contributed by atoms with Gasteiger partial charge < -0.3 is 14.2 Å². The van der Waals surface area contributed by atoms with E-state index in [1.807, 2.05) is 6.07 Å². The first-order valence-electron chi connectivity index (χ1n) is 11.1. The number of esters is 2. The molecule has 1 atom stereocenters. The number of carbonyl (C=O) groups is 4. The number of amides is 1. The van der Waals surface area contributed by atoms with Crippen LogP contribution in [0.25, 0.3) is 0 Å². The van der Waals surface area contributed by atoms with Crippen LogP contribution in [-0.4, -0.2) is 40.9 Å². The highest BCUT2D eigenvalue weighted by molar-refractivity contribution is 6.53. The van der Waals surface area contributed by atoms with Crippen LogP contribution in [0, 0.1) is 13.8 Å². The highest BCUT2D eigenvalue weighted by Crippen LogP contribution is 2.43. The predicted octanol–water partition coefficient (Wildman–Crippen LogP) is 3.83. The number of carbonyl (C=O) groups excluding carboxylic acids is 4. The molecule has 2 aliphatic heterocycles. The fourth-order valence-corrected chi connectivity index (χ4v) is 3.96. The van der Waals surface area contributed by atoms with Crippen LogP contribution >= 0.6 is 0 Å². The standard InChI is InChI=1S/C26H31NO7/c1-13-11-10-12-14(2)18(13)27-19-16(20(28)22(27)29)15(3)32-21(24(31)34-26(7,8)9)17(19)23(30)33-25(4,5)6/h10-12,21H,1-9H3. The minimum absolute atomic E-state index is 0.00117. The molecule has 34 heavy (non-hydrogen) atoms. The van der Waals surface area contributed by atoms with E-state index in [1.165, 1.54) is 11.8 Å². The Bertz CT molecular complexity index is 1140. The largest absolute Gasteiger partial charge is 0.477 e. The van der Waals surface area contributed by atoms with Crippen molar-refractivity contribution in [2.24, 2.45) is 0 Å². The van der Waals surface area contributed by atoms with Crippen LogP contribution in [0.15, 0.2) is 40.8 Å². The van der Waals surface area contributed by atoms with E-state index in [1.54, 1.807) is 67.5 Å². The Hall–Kier alpha value is -3.42. The number of hydrogen-bond acceptors (Lipinski definition) is 7. The molecule has 0 spiro atoms. The summed E-state index contributed by atoms with van der Waals surface area (Å²) in [6.45, 7) is 15.2. The number of allylic oxidation sites excluding steroid dienone is 2. The van der Waals surface area contributed by atoms with Crippen molar-refractivity contribution in [1.29, 1.82) is 0 Å². The lowest BCUT2D eigenvalue weighted by molar-refractivity contribution is -0.168. The van der Waals surface area contributed by atoms with E-state index in [0.29, 0.717) is 5.69 Å². The molecule has 0 aromatic heterocycles. The number of para-hydroxylation sites is 1. The third-order valence-corrected chi connectivity index (χ3v) is 5.15. The normalized spacial score (nSPS) is 18.7. The van der Waals surface area contributed by atoms with Crippen molar-refractivity contribution < 1.29 is 33.4 Å². The van der Waals surface area contributed by atoms with Gasteiger partial charge in [0.1, 0.15) is 22.5 Å². The van der Waals surface area contributed by atoms with E-state index in [0.717, 1.165) is 11.1 Å². The Labute approximate surface area is 199 Å². The van der Waals surface area contributed by atoms with Crippen molar-refractivity contribution in [2.75, 3.05) is 4.90 Å². The smallest absolute Gasteiger partial charge is 0.352 e. The lowest BCUT2D eigenvalue weighted by Crippen LogP contribution is -2.42. The number of anilines is 1. The molecule has 0 N–H and O–H groups in total. The number of hydrogen-bond donors (Lipinski definition) is 0. The predicted molar refractivity (Wildman–Crippen MR) is 125 cm³/mol. The molecule has 2 heterocycles. The van der Waals surface area contributed by atoms with Gasteiger partial charge in [0.05, 0.1) is 17.0 Å². The average molecular weight is 470 g/mol. The zero-order chi connectivity index (χ0) is 25.7. The van der Waals surface area contributed by atoms with Crippen LogP contribution < -0.4 is 4.90 Å². The van der Waals surface area contributed by atoms with Gasteiger partial charge in [0.15, 0.2) is 0 Å². The van der Waals surface area contributed by atoms with Gasteiger partial charge >= 0.3 is 17.8 Å². The van der Waals surface area contributed by atoms with Gasteiger partial charge in [-0.3, -0.25) is 14.5 Å². The van der Waals surface area contributed by atoms with Crippen molar-refractivity contribution in [1.82, 2.24) is 0 Å². The summed E-state index contributed by atoms with van der Waals surface area (Å²) in [5.74, 6) is -3.30. The molecule has 8 nitrogen and oxygen atoms in total. The molecule has 2 aliphatic rings. The van der Waals surface area contributed by atoms with E-state index < -0.39 is 40.9 Å². The van der Waals surface area contributed by atoms with Gasteiger partial charge in [-0.2, -0.15) is 0 Å². The molecular formula is C26H31NO7. The van der Waals surface area contributed by atoms with E-state index >= 15 is 0 Å². The minimum Gasteiger partial charge on any atom is -0.477 e. The van der Waals surface area contributed by atoms with Gasteiger partial charge in [-0.25, -0.2) is 9.59 Å². The van der Waals surface area contributed by atoms with Gasteiger partial charge in [0.25, 0.3) is 5.78 Å². The molecule has 1 aromatic rings. The topological polar surface area (TPSA) is 99.2 Å². The van der Waals surface area contributed by atoms with Crippen molar-refractivity contribution in [2.45, 2.75) is 79.6 Å². The molecule has 1 unspecified atom stereocenters. The molecule has 182 valence electrons. The Kier molecular flexibility index (Phi) is 6.24. The molecule has 1 fully saturated rings. The summed E-state index contributed by atoms with van der Waals surface area (Å²) in [6.07, 6.45) is -1.52. The number of aryl methyl sites for hydroxylation is 2. The molecule has 8 heteroatoms. The number of fused-ring (bicyclic) bond motifs is 1. The first kappa shape index (κ1) is 25.2. The molecule has 0 aliphatic carbocycles. The summed E-state index contributed by atoms with van der Waals surface area (Å²) in [4.78, 5) is 54.2. The molecule has 1 amide bonds. The van der Waals surface area contributed by atoms with Crippen LogP contribution in [0.2, 0.25) is 0 Å². The Morgan fingerprint density at radius 3 is 1.94 bits per heavy atom. The molecule has 0 saturated carbocycles. The second-order valence-corrected chi connectivity index (χ2v) is 10.4. The SMILES string of the molecule is CC1=C2C(=O)C(=O)N(c3c(C)cccc3C)C2=C(C(=O)OC(C)(C)C)C(C(=O)OC(C)(C)C)O1. The Morgan fingerprint density at radius 2 is 1.44 bits per heavy atom. The van der Waals surface area contributed by atoms with Gasteiger partial charge in [-0.15, -0.1) is 0 Å². The van der Waals surface area contributed by atoms with Crippen molar-refractivity contribution in [3.63, 3.8) is 0 Å². The summed E-state index contributed by atoms with van der Waals surface area (Å²) in [6, 6.07) is 5.43. The van der Waals surface area contributed by atoms with Crippen molar-refractivity contribution in [3.8, 4) is 0 Å². The maximum Gasteiger partial charge on any atom is 0.352 e. The zero-order valence-corrected chi connectivity index (χ0v) is 21.1. The number of ketones is 1. The van der Waals surface area contributed by atoms with E-state index in [2.05, 4.69) is 0 Å². The average Bonchev–Trinajstić information content (AvgIpc) is 2.91. The highest BCUT2D eigenvalue weighted by Gasteiger charge is 2.52. The van der Waals surface area contributed by atoms with Crippen molar-refractivity contribution >= 4 is 29.3 Å². The molecule has 0 bridgehead atoms. The molecule has 1 aromatic carbocycles. The first-order chi connectivity index (χ1) is 15.5.